The Balaban J connectivity index is 1.80. The summed E-state index contributed by atoms with van der Waals surface area (Å²) in [6.07, 6.45) is 4.52. The molecule has 0 radical (unpaired) electrons. The van der Waals surface area contributed by atoms with Gasteiger partial charge in [0.2, 0.25) is 5.88 Å². The average Bonchev–Trinajstić information content (AvgIpc) is 2.43. The number of hydrogen-bond acceptors (Lipinski definition) is 5. The van der Waals surface area contributed by atoms with Crippen LogP contribution >= 0.6 is 0 Å². The Hall–Kier alpha value is -1.82. The quantitative estimate of drug-likeness (QED) is 0.842. The Morgan fingerprint density at radius 3 is 2.57 bits per heavy atom. The Morgan fingerprint density at radius 2 is 2.09 bits per heavy atom. The molecule has 0 aromatic carbocycles. The third kappa shape index (κ3) is 5.39. The van der Waals surface area contributed by atoms with Crippen molar-refractivity contribution in [2.24, 2.45) is 0 Å². The highest BCUT2D eigenvalue weighted by molar-refractivity contribution is 5.69. The standard InChI is InChI=1S/C17H27N3O3/c1-16(2,3)23-15(21)20-17(8-5-9-17)12-18-10-13-6-7-14(22-4)19-11-13/h6-7,11,18H,5,8-10,12H2,1-4H3,(H,20,21). The summed E-state index contributed by atoms with van der Waals surface area (Å²) in [5, 5.41) is 6.43. The van der Waals surface area contributed by atoms with Crippen LogP contribution in [0, 0.1) is 0 Å². The Kier molecular flexibility index (Phi) is 5.46. The molecule has 128 valence electrons. The number of aromatic nitrogens is 1. The largest absolute Gasteiger partial charge is 0.481 e. The summed E-state index contributed by atoms with van der Waals surface area (Å²) in [6, 6.07) is 3.82. The first kappa shape index (κ1) is 17.5. The molecule has 23 heavy (non-hydrogen) atoms. The highest BCUT2D eigenvalue weighted by Gasteiger charge is 2.39. The molecule has 1 aromatic rings. The van der Waals surface area contributed by atoms with Gasteiger partial charge in [0.1, 0.15) is 5.60 Å². The van der Waals surface area contributed by atoms with Gasteiger partial charge in [0.25, 0.3) is 0 Å². The third-order valence-electron chi connectivity index (χ3n) is 3.88. The molecular formula is C17H27N3O3. The van der Waals surface area contributed by atoms with E-state index in [1.807, 2.05) is 32.9 Å². The number of methoxy groups -OCH3 is 1. The lowest BCUT2D eigenvalue weighted by molar-refractivity contribution is 0.0382. The van der Waals surface area contributed by atoms with Crippen molar-refractivity contribution in [3.8, 4) is 5.88 Å². The van der Waals surface area contributed by atoms with Crippen molar-refractivity contribution in [2.75, 3.05) is 13.7 Å². The number of pyridine rings is 1. The van der Waals surface area contributed by atoms with Crippen molar-refractivity contribution >= 4 is 6.09 Å². The van der Waals surface area contributed by atoms with Gasteiger partial charge in [0.15, 0.2) is 0 Å². The summed E-state index contributed by atoms with van der Waals surface area (Å²) < 4.78 is 10.4. The van der Waals surface area contributed by atoms with Crippen LogP contribution in [0.5, 0.6) is 5.88 Å². The minimum Gasteiger partial charge on any atom is -0.481 e. The van der Waals surface area contributed by atoms with Gasteiger partial charge in [-0.1, -0.05) is 6.07 Å². The fraction of sp³-hybridized carbons (Fsp3) is 0.647. The van der Waals surface area contributed by atoms with E-state index in [4.69, 9.17) is 9.47 Å². The molecule has 0 spiro atoms. The van der Waals surface area contributed by atoms with Crippen LogP contribution in [0.2, 0.25) is 0 Å². The molecule has 1 aromatic heterocycles. The monoisotopic (exact) mass is 321 g/mol. The first-order valence-corrected chi connectivity index (χ1v) is 8.03. The number of amides is 1. The molecule has 6 heteroatoms. The topological polar surface area (TPSA) is 72.5 Å². The molecule has 1 fully saturated rings. The Morgan fingerprint density at radius 1 is 1.35 bits per heavy atom. The zero-order valence-electron chi connectivity index (χ0n) is 14.4. The summed E-state index contributed by atoms with van der Waals surface area (Å²) in [5.41, 5.74) is 0.414. The van der Waals surface area contributed by atoms with Crippen LogP contribution in [0.15, 0.2) is 18.3 Å². The van der Waals surface area contributed by atoms with E-state index in [1.54, 1.807) is 13.3 Å². The van der Waals surface area contributed by atoms with Gasteiger partial charge in [-0.15, -0.1) is 0 Å². The molecule has 6 nitrogen and oxygen atoms in total. The van der Waals surface area contributed by atoms with E-state index in [0.717, 1.165) is 31.4 Å². The SMILES string of the molecule is COc1ccc(CNCC2(NC(=O)OC(C)(C)C)CCC2)cn1. The van der Waals surface area contributed by atoms with E-state index in [9.17, 15) is 4.79 Å². The van der Waals surface area contributed by atoms with E-state index in [1.165, 1.54) is 0 Å². The predicted molar refractivity (Wildman–Crippen MR) is 88.4 cm³/mol. The van der Waals surface area contributed by atoms with Crippen LogP contribution in [-0.2, 0) is 11.3 Å². The first-order valence-electron chi connectivity index (χ1n) is 8.03. The number of ether oxygens (including phenoxy) is 2. The fourth-order valence-corrected chi connectivity index (χ4v) is 2.55. The smallest absolute Gasteiger partial charge is 0.408 e. The lowest BCUT2D eigenvalue weighted by Crippen LogP contribution is -2.59. The molecule has 2 N–H and O–H groups in total. The van der Waals surface area contributed by atoms with Crippen LogP contribution in [0.25, 0.3) is 0 Å². The highest BCUT2D eigenvalue weighted by Crippen LogP contribution is 2.31. The molecule has 1 amide bonds. The number of hydrogen-bond donors (Lipinski definition) is 2. The van der Waals surface area contributed by atoms with E-state index < -0.39 is 5.60 Å². The number of nitrogens with one attached hydrogen (secondary N) is 2. The molecule has 0 aliphatic heterocycles. The summed E-state index contributed by atoms with van der Waals surface area (Å²) >= 11 is 0. The first-order chi connectivity index (χ1) is 10.8. The number of alkyl carbamates (subject to hydrolysis) is 1. The summed E-state index contributed by atoms with van der Waals surface area (Å²) in [4.78, 5) is 16.2. The van der Waals surface area contributed by atoms with Gasteiger partial charge in [0, 0.05) is 25.4 Å². The van der Waals surface area contributed by atoms with Gasteiger partial charge in [0.05, 0.1) is 12.6 Å². The van der Waals surface area contributed by atoms with Crippen LogP contribution in [-0.4, -0.2) is 35.9 Å². The van der Waals surface area contributed by atoms with Crippen molar-refractivity contribution < 1.29 is 14.3 Å². The molecule has 0 saturated heterocycles. The van der Waals surface area contributed by atoms with E-state index in [0.29, 0.717) is 12.4 Å². The fourth-order valence-electron chi connectivity index (χ4n) is 2.55. The van der Waals surface area contributed by atoms with Crippen molar-refractivity contribution in [1.82, 2.24) is 15.6 Å². The van der Waals surface area contributed by atoms with Crippen molar-refractivity contribution in [2.45, 2.75) is 57.7 Å². The van der Waals surface area contributed by atoms with E-state index in [-0.39, 0.29) is 11.6 Å². The third-order valence-corrected chi connectivity index (χ3v) is 3.88. The minimum atomic E-state index is -0.475. The molecule has 1 aliphatic rings. The molecule has 0 unspecified atom stereocenters. The van der Waals surface area contributed by atoms with E-state index >= 15 is 0 Å². The van der Waals surface area contributed by atoms with Crippen LogP contribution in [0.3, 0.4) is 0 Å². The van der Waals surface area contributed by atoms with Crippen molar-refractivity contribution in [3.63, 3.8) is 0 Å². The lowest BCUT2D eigenvalue weighted by Gasteiger charge is -2.42. The second-order valence-electron chi connectivity index (χ2n) is 7.07. The maximum absolute atomic E-state index is 12.0. The minimum absolute atomic E-state index is 0.192. The van der Waals surface area contributed by atoms with Gasteiger partial charge < -0.3 is 20.1 Å². The highest BCUT2D eigenvalue weighted by atomic mass is 16.6. The molecule has 1 saturated carbocycles. The molecule has 2 rings (SSSR count). The molecule has 1 aliphatic carbocycles. The van der Waals surface area contributed by atoms with Crippen molar-refractivity contribution in [1.29, 1.82) is 0 Å². The van der Waals surface area contributed by atoms with Crippen LogP contribution < -0.4 is 15.4 Å². The van der Waals surface area contributed by atoms with Gasteiger partial charge >= 0.3 is 6.09 Å². The lowest BCUT2D eigenvalue weighted by atomic mass is 9.76. The predicted octanol–water partition coefficient (Wildman–Crippen LogP) is 2.63. The van der Waals surface area contributed by atoms with Gasteiger partial charge in [-0.05, 0) is 45.6 Å². The average molecular weight is 321 g/mol. The number of carbonyl (C=O) groups excluding carboxylic acids is 1. The van der Waals surface area contributed by atoms with E-state index in [2.05, 4.69) is 15.6 Å². The molecule has 1 heterocycles. The van der Waals surface area contributed by atoms with Crippen molar-refractivity contribution in [3.05, 3.63) is 23.9 Å². The molecule has 0 bridgehead atoms. The Bertz CT molecular complexity index is 519. The van der Waals surface area contributed by atoms with Crippen LogP contribution in [0.1, 0.15) is 45.6 Å². The Labute approximate surface area is 138 Å². The summed E-state index contributed by atoms with van der Waals surface area (Å²) in [5.74, 6) is 0.607. The summed E-state index contributed by atoms with van der Waals surface area (Å²) in [7, 11) is 1.60. The normalized spacial score (nSPS) is 16.3. The maximum Gasteiger partial charge on any atom is 0.408 e. The second kappa shape index (κ2) is 7.17. The second-order valence-corrected chi connectivity index (χ2v) is 7.07. The zero-order chi connectivity index (χ0) is 16.9. The molecule has 0 atom stereocenters. The summed E-state index contributed by atoms with van der Waals surface area (Å²) in [6.45, 7) is 7.03. The maximum atomic E-state index is 12.0. The number of nitrogens with zero attached hydrogens (tertiary/aromatic N) is 1. The van der Waals surface area contributed by atoms with Gasteiger partial charge in [-0.2, -0.15) is 0 Å². The molecular weight excluding hydrogens is 294 g/mol. The van der Waals surface area contributed by atoms with Crippen LogP contribution in [0.4, 0.5) is 4.79 Å². The van der Waals surface area contributed by atoms with Gasteiger partial charge in [-0.3, -0.25) is 0 Å². The van der Waals surface area contributed by atoms with Gasteiger partial charge in [-0.25, -0.2) is 9.78 Å². The zero-order valence-corrected chi connectivity index (χ0v) is 14.4. The number of rotatable bonds is 6. The number of carbonyl (C=O) groups is 1.